The smallest absolute Gasteiger partial charge is 0.120 e. The molecule has 16 heavy (non-hydrogen) atoms. The van der Waals surface area contributed by atoms with Gasteiger partial charge < -0.3 is 20.3 Å². The Morgan fingerprint density at radius 3 is 2.62 bits per heavy atom. The highest BCUT2D eigenvalue weighted by Gasteiger charge is 2.15. The molecule has 0 aliphatic carbocycles. The molecule has 0 aliphatic rings. The lowest BCUT2D eigenvalue weighted by molar-refractivity contribution is 0.187. The summed E-state index contributed by atoms with van der Waals surface area (Å²) in [7, 11) is 1.58. The summed E-state index contributed by atoms with van der Waals surface area (Å²) in [4.78, 5) is 0. The van der Waals surface area contributed by atoms with Crippen LogP contribution in [0.4, 0.5) is 0 Å². The van der Waals surface area contributed by atoms with E-state index in [0.717, 1.165) is 5.56 Å². The minimum atomic E-state index is -0.366. The number of benzene rings is 1. The molecule has 0 unspecified atom stereocenters. The van der Waals surface area contributed by atoms with Crippen LogP contribution in [0.1, 0.15) is 19.4 Å². The number of nitrogens with one attached hydrogen (secondary N) is 1. The highest BCUT2D eigenvalue weighted by Crippen LogP contribution is 2.23. The molecule has 1 rings (SSSR count). The molecule has 0 atom stereocenters. The van der Waals surface area contributed by atoms with E-state index in [0.29, 0.717) is 12.3 Å². The number of aliphatic hydroxyl groups is 1. The van der Waals surface area contributed by atoms with Crippen LogP contribution in [0.5, 0.6) is 11.5 Å². The summed E-state index contributed by atoms with van der Waals surface area (Å²) in [5.41, 5.74) is 0.385. The molecule has 0 aliphatic heterocycles. The Hall–Kier alpha value is -1.26. The minimum Gasteiger partial charge on any atom is -0.508 e. The van der Waals surface area contributed by atoms with E-state index >= 15 is 0 Å². The SMILES string of the molecule is COc1ccc(O)c(CNC(C)(C)CO)c1. The van der Waals surface area contributed by atoms with Crippen molar-refractivity contribution in [1.29, 1.82) is 0 Å². The van der Waals surface area contributed by atoms with Crippen LogP contribution < -0.4 is 10.1 Å². The van der Waals surface area contributed by atoms with Crippen molar-refractivity contribution in [3.8, 4) is 11.5 Å². The first-order valence-corrected chi connectivity index (χ1v) is 5.20. The van der Waals surface area contributed by atoms with E-state index < -0.39 is 0 Å². The Bertz CT molecular complexity index is 350. The van der Waals surface area contributed by atoms with Crippen molar-refractivity contribution in [1.82, 2.24) is 5.32 Å². The first-order valence-electron chi connectivity index (χ1n) is 5.20. The van der Waals surface area contributed by atoms with E-state index in [1.165, 1.54) is 0 Å². The van der Waals surface area contributed by atoms with E-state index in [9.17, 15) is 5.11 Å². The Balaban J connectivity index is 2.73. The van der Waals surface area contributed by atoms with Crippen LogP contribution in [0, 0.1) is 0 Å². The molecule has 0 radical (unpaired) electrons. The van der Waals surface area contributed by atoms with E-state index in [-0.39, 0.29) is 17.9 Å². The van der Waals surface area contributed by atoms with Crippen LogP contribution >= 0.6 is 0 Å². The third-order valence-corrected chi connectivity index (χ3v) is 2.44. The maximum absolute atomic E-state index is 9.64. The maximum atomic E-state index is 9.64. The zero-order valence-corrected chi connectivity index (χ0v) is 9.95. The standard InChI is InChI=1S/C12H19NO3/c1-12(2,8-14)13-7-9-6-10(16-3)4-5-11(9)15/h4-6,13-15H,7-8H2,1-3H3. The number of aliphatic hydroxyl groups excluding tert-OH is 1. The molecule has 4 nitrogen and oxygen atoms in total. The zero-order chi connectivity index (χ0) is 12.2. The largest absolute Gasteiger partial charge is 0.508 e. The highest BCUT2D eigenvalue weighted by molar-refractivity contribution is 5.39. The van der Waals surface area contributed by atoms with Crippen molar-refractivity contribution in [2.75, 3.05) is 13.7 Å². The lowest BCUT2D eigenvalue weighted by Crippen LogP contribution is -2.42. The van der Waals surface area contributed by atoms with E-state index in [1.807, 2.05) is 13.8 Å². The van der Waals surface area contributed by atoms with Gasteiger partial charge in [0.1, 0.15) is 11.5 Å². The van der Waals surface area contributed by atoms with Crippen LogP contribution in [0.15, 0.2) is 18.2 Å². The van der Waals surface area contributed by atoms with Gasteiger partial charge in [-0.2, -0.15) is 0 Å². The molecular weight excluding hydrogens is 206 g/mol. The second-order valence-corrected chi connectivity index (χ2v) is 4.39. The summed E-state index contributed by atoms with van der Waals surface area (Å²) in [6.07, 6.45) is 0. The number of phenolic OH excluding ortho intramolecular Hbond substituents is 1. The van der Waals surface area contributed by atoms with Gasteiger partial charge in [0.2, 0.25) is 0 Å². The molecule has 0 spiro atoms. The van der Waals surface area contributed by atoms with Crippen molar-refractivity contribution in [3.05, 3.63) is 23.8 Å². The first kappa shape index (κ1) is 12.8. The van der Waals surface area contributed by atoms with Gasteiger partial charge in [0, 0.05) is 17.6 Å². The topological polar surface area (TPSA) is 61.7 Å². The minimum absolute atomic E-state index is 0.0394. The highest BCUT2D eigenvalue weighted by atomic mass is 16.5. The molecule has 0 aromatic heterocycles. The first-order chi connectivity index (χ1) is 7.48. The van der Waals surface area contributed by atoms with Gasteiger partial charge in [0.25, 0.3) is 0 Å². The fourth-order valence-electron chi connectivity index (χ4n) is 1.22. The van der Waals surface area contributed by atoms with Gasteiger partial charge >= 0.3 is 0 Å². The molecule has 0 amide bonds. The fraction of sp³-hybridized carbons (Fsp3) is 0.500. The lowest BCUT2D eigenvalue weighted by Gasteiger charge is -2.23. The molecular formula is C12H19NO3. The Kier molecular flexibility index (Phi) is 4.15. The van der Waals surface area contributed by atoms with Gasteiger partial charge in [-0.1, -0.05) is 0 Å². The van der Waals surface area contributed by atoms with Crippen molar-refractivity contribution in [2.24, 2.45) is 0 Å². The average molecular weight is 225 g/mol. The van der Waals surface area contributed by atoms with Gasteiger partial charge in [0.05, 0.1) is 13.7 Å². The molecule has 3 N–H and O–H groups in total. The van der Waals surface area contributed by atoms with Crippen LogP contribution in [0.2, 0.25) is 0 Å². The average Bonchev–Trinajstić information content (AvgIpc) is 2.28. The Morgan fingerprint density at radius 2 is 2.06 bits per heavy atom. The quantitative estimate of drug-likeness (QED) is 0.706. The Morgan fingerprint density at radius 1 is 1.38 bits per heavy atom. The lowest BCUT2D eigenvalue weighted by atomic mass is 10.1. The number of rotatable bonds is 5. The predicted octanol–water partition coefficient (Wildman–Crippen LogP) is 1.26. The van der Waals surface area contributed by atoms with Crippen LogP contribution in [-0.4, -0.2) is 29.5 Å². The second kappa shape index (κ2) is 5.18. The van der Waals surface area contributed by atoms with Crippen molar-refractivity contribution >= 4 is 0 Å². The van der Waals surface area contributed by atoms with Gasteiger partial charge in [0.15, 0.2) is 0 Å². The molecule has 90 valence electrons. The molecule has 0 heterocycles. The van der Waals surface area contributed by atoms with Crippen LogP contribution in [0.25, 0.3) is 0 Å². The monoisotopic (exact) mass is 225 g/mol. The summed E-state index contributed by atoms with van der Waals surface area (Å²) in [6.45, 7) is 4.31. The van der Waals surface area contributed by atoms with Gasteiger partial charge in [-0.3, -0.25) is 0 Å². The maximum Gasteiger partial charge on any atom is 0.120 e. The molecule has 1 aromatic carbocycles. The third kappa shape index (κ3) is 3.40. The molecule has 0 saturated heterocycles. The summed E-state index contributed by atoms with van der Waals surface area (Å²) in [5, 5.41) is 21.9. The summed E-state index contributed by atoms with van der Waals surface area (Å²) < 4.78 is 5.08. The number of hydrogen-bond acceptors (Lipinski definition) is 4. The molecule has 1 aromatic rings. The summed E-state index contributed by atoms with van der Waals surface area (Å²) >= 11 is 0. The Labute approximate surface area is 95.9 Å². The second-order valence-electron chi connectivity index (χ2n) is 4.39. The van der Waals surface area contributed by atoms with E-state index in [1.54, 1.807) is 25.3 Å². The molecule has 0 bridgehead atoms. The van der Waals surface area contributed by atoms with Gasteiger partial charge in [-0.25, -0.2) is 0 Å². The van der Waals surface area contributed by atoms with E-state index in [2.05, 4.69) is 5.32 Å². The number of methoxy groups -OCH3 is 1. The summed E-state index contributed by atoms with van der Waals surface area (Å²) in [6, 6.07) is 5.08. The predicted molar refractivity (Wildman–Crippen MR) is 62.7 cm³/mol. The summed E-state index contributed by atoms with van der Waals surface area (Å²) in [5.74, 6) is 0.929. The van der Waals surface area contributed by atoms with Gasteiger partial charge in [-0.05, 0) is 32.0 Å². The zero-order valence-electron chi connectivity index (χ0n) is 9.95. The van der Waals surface area contributed by atoms with E-state index in [4.69, 9.17) is 9.84 Å². The van der Waals surface area contributed by atoms with Crippen molar-refractivity contribution in [3.63, 3.8) is 0 Å². The number of hydrogen-bond donors (Lipinski definition) is 3. The third-order valence-electron chi connectivity index (χ3n) is 2.44. The van der Waals surface area contributed by atoms with Gasteiger partial charge in [-0.15, -0.1) is 0 Å². The fourth-order valence-corrected chi connectivity index (χ4v) is 1.22. The number of phenols is 1. The number of aromatic hydroxyl groups is 1. The van der Waals surface area contributed by atoms with Crippen LogP contribution in [-0.2, 0) is 6.54 Å². The molecule has 4 heteroatoms. The van der Waals surface area contributed by atoms with Crippen molar-refractivity contribution < 1.29 is 14.9 Å². The normalized spacial score (nSPS) is 11.5. The van der Waals surface area contributed by atoms with Crippen LogP contribution in [0.3, 0.4) is 0 Å². The van der Waals surface area contributed by atoms with Crippen molar-refractivity contribution in [2.45, 2.75) is 25.9 Å². The molecule has 0 saturated carbocycles. The number of ether oxygens (including phenoxy) is 1. The molecule has 0 fully saturated rings.